The van der Waals surface area contributed by atoms with Gasteiger partial charge in [0.25, 0.3) is 0 Å². The first-order valence-electron chi connectivity index (χ1n) is 12.7. The summed E-state index contributed by atoms with van der Waals surface area (Å²) < 4.78 is 6.85. The third-order valence-electron chi connectivity index (χ3n) is 6.66. The monoisotopic (exact) mass is 587 g/mol. The lowest BCUT2D eigenvalue weighted by Crippen LogP contribution is -2.31. The van der Waals surface area contributed by atoms with Crippen LogP contribution in [-0.4, -0.2) is 41.2 Å². The number of anilines is 1. The Balaban J connectivity index is 1.24. The zero-order valence-corrected chi connectivity index (χ0v) is 23.0. The Morgan fingerprint density at radius 1 is 1.10 bits per heavy atom. The molecule has 0 saturated carbocycles. The Bertz CT molecular complexity index is 1820. The number of hydrogen-bond donors (Lipinski definition) is 3. The lowest BCUT2D eigenvalue weighted by molar-refractivity contribution is -0.121. The van der Waals surface area contributed by atoms with Gasteiger partial charge in [-0.3, -0.25) is 4.79 Å². The largest absolute Gasteiger partial charge is 0.380 e. The number of rotatable bonds is 9. The fourth-order valence-electron chi connectivity index (χ4n) is 4.66. The maximum atomic E-state index is 13.3. The summed E-state index contributed by atoms with van der Waals surface area (Å²) in [6.07, 6.45) is 2.62. The molecule has 0 bridgehead atoms. The molecular formula is C28H23Cl2N9O2. The van der Waals surface area contributed by atoms with Crippen molar-refractivity contribution in [3.05, 3.63) is 100 Å². The molecule has 41 heavy (non-hydrogen) atoms. The molecule has 4 N–H and O–H groups in total. The first-order chi connectivity index (χ1) is 19.9. The Labute approximate surface area is 243 Å². The minimum absolute atomic E-state index is 0.166. The number of fused-ring (bicyclic) bond motifs is 1. The molecule has 0 spiro atoms. The molecule has 0 saturated heterocycles. The molecule has 0 aliphatic heterocycles. The summed E-state index contributed by atoms with van der Waals surface area (Å²) >= 11 is 12.9. The third kappa shape index (κ3) is 5.76. The number of nitrogen functional groups attached to an aromatic ring is 1. The van der Waals surface area contributed by atoms with Crippen molar-refractivity contribution in [2.75, 3.05) is 5.73 Å². The van der Waals surface area contributed by atoms with Crippen LogP contribution in [0.15, 0.2) is 77.6 Å². The number of hydrogen-bond acceptors (Lipinski definition) is 8. The molecule has 206 valence electrons. The van der Waals surface area contributed by atoms with Crippen LogP contribution < -0.4 is 11.1 Å². The van der Waals surface area contributed by atoms with Crippen molar-refractivity contribution in [2.24, 2.45) is 0 Å². The van der Waals surface area contributed by atoms with E-state index in [2.05, 4.69) is 31.0 Å². The second kappa shape index (κ2) is 11.4. The highest BCUT2D eigenvalue weighted by molar-refractivity contribution is 6.32. The van der Waals surface area contributed by atoms with E-state index in [9.17, 15) is 4.79 Å². The van der Waals surface area contributed by atoms with E-state index < -0.39 is 6.04 Å². The lowest BCUT2D eigenvalue weighted by Gasteiger charge is -2.17. The Hall–Kier alpha value is -4.74. The van der Waals surface area contributed by atoms with Gasteiger partial charge in [0.1, 0.15) is 23.0 Å². The average Bonchev–Trinajstić information content (AvgIpc) is 3.73. The average molecular weight is 588 g/mol. The van der Waals surface area contributed by atoms with E-state index in [0.29, 0.717) is 51.3 Å². The van der Waals surface area contributed by atoms with Gasteiger partial charge in [-0.2, -0.15) is 0 Å². The molecule has 3 aromatic carbocycles. The van der Waals surface area contributed by atoms with Gasteiger partial charge in [0, 0.05) is 17.0 Å². The number of nitrogens with two attached hydrogens (primary N) is 1. The summed E-state index contributed by atoms with van der Waals surface area (Å²) in [5.41, 5.74) is 10.2. The van der Waals surface area contributed by atoms with Crippen molar-refractivity contribution in [3.63, 3.8) is 0 Å². The van der Waals surface area contributed by atoms with Gasteiger partial charge in [-0.1, -0.05) is 64.8 Å². The maximum absolute atomic E-state index is 13.3. The topological polar surface area (TPSA) is 153 Å². The Morgan fingerprint density at radius 3 is 2.76 bits per heavy atom. The van der Waals surface area contributed by atoms with Crippen LogP contribution in [0.3, 0.4) is 0 Å². The zero-order chi connectivity index (χ0) is 28.3. The normalized spacial score (nSPS) is 12.0. The molecule has 6 rings (SSSR count). The molecule has 1 unspecified atom stereocenters. The molecule has 6 aromatic rings. The quantitative estimate of drug-likeness (QED) is 0.211. The fraction of sp³-hybridized carbons (Fsp3) is 0.143. The van der Waals surface area contributed by atoms with Crippen molar-refractivity contribution >= 4 is 45.9 Å². The van der Waals surface area contributed by atoms with Gasteiger partial charge in [0.05, 0.1) is 17.1 Å². The number of amides is 1. The first-order valence-corrected chi connectivity index (χ1v) is 13.5. The standard InChI is InChI=1S/C28H23Cl2N9O2/c29-19-8-10-22(39-15-32-37-38-39)17(13-19)7-11-24(40)33-21(12-16-4-2-1-3-5-16)28-34-25(26(30)35-28)18-6-9-20-23(14-18)41-36-27(20)31/h1-6,8-10,13-15,21H,7,11-12H2,(H2,31,36)(H,33,40)(H,34,35). The van der Waals surface area contributed by atoms with E-state index in [-0.39, 0.29) is 12.3 Å². The van der Waals surface area contributed by atoms with Gasteiger partial charge >= 0.3 is 0 Å². The highest BCUT2D eigenvalue weighted by atomic mass is 35.5. The van der Waals surface area contributed by atoms with Crippen molar-refractivity contribution < 1.29 is 9.32 Å². The highest BCUT2D eigenvalue weighted by Gasteiger charge is 2.22. The molecule has 11 nitrogen and oxygen atoms in total. The number of nitrogens with one attached hydrogen (secondary N) is 2. The summed E-state index contributed by atoms with van der Waals surface area (Å²) in [6, 6.07) is 20.2. The number of tetrazole rings is 1. The molecule has 0 aliphatic carbocycles. The van der Waals surface area contributed by atoms with Gasteiger partial charge in [0.2, 0.25) is 5.91 Å². The van der Waals surface area contributed by atoms with E-state index in [1.165, 1.54) is 6.33 Å². The van der Waals surface area contributed by atoms with Gasteiger partial charge in [-0.15, -0.1) is 5.10 Å². The maximum Gasteiger partial charge on any atom is 0.220 e. The van der Waals surface area contributed by atoms with Crippen LogP contribution in [0.5, 0.6) is 0 Å². The minimum atomic E-state index is -0.473. The number of imidazole rings is 1. The first kappa shape index (κ1) is 26.5. The number of halogens is 2. The second-order valence-electron chi connectivity index (χ2n) is 9.40. The predicted octanol–water partition coefficient (Wildman–Crippen LogP) is 5.12. The summed E-state index contributed by atoms with van der Waals surface area (Å²) in [7, 11) is 0. The van der Waals surface area contributed by atoms with Gasteiger partial charge in [-0.05, 0) is 64.7 Å². The van der Waals surface area contributed by atoms with Crippen LogP contribution in [0.25, 0.3) is 27.9 Å². The number of aromatic amines is 1. The smallest absolute Gasteiger partial charge is 0.220 e. The van der Waals surface area contributed by atoms with Crippen LogP contribution in [0.2, 0.25) is 10.2 Å². The van der Waals surface area contributed by atoms with Crippen LogP contribution in [0, 0.1) is 0 Å². The predicted molar refractivity (Wildman–Crippen MR) is 155 cm³/mol. The molecule has 13 heteroatoms. The molecule has 1 amide bonds. The number of nitrogens with zero attached hydrogens (tertiary/aromatic N) is 6. The van der Waals surface area contributed by atoms with Crippen LogP contribution in [0.1, 0.15) is 29.4 Å². The minimum Gasteiger partial charge on any atom is -0.380 e. The summed E-state index contributed by atoms with van der Waals surface area (Å²) in [5.74, 6) is 0.673. The van der Waals surface area contributed by atoms with Crippen LogP contribution in [0.4, 0.5) is 5.82 Å². The third-order valence-corrected chi connectivity index (χ3v) is 7.17. The number of H-pyrrole nitrogens is 1. The lowest BCUT2D eigenvalue weighted by atomic mass is 10.0. The van der Waals surface area contributed by atoms with E-state index in [1.807, 2.05) is 54.6 Å². The number of carbonyl (C=O) groups is 1. The summed E-state index contributed by atoms with van der Waals surface area (Å²) in [4.78, 5) is 21.2. The Morgan fingerprint density at radius 2 is 1.95 bits per heavy atom. The number of carbonyl (C=O) groups excluding carboxylic acids is 1. The van der Waals surface area contributed by atoms with Crippen molar-refractivity contribution in [1.29, 1.82) is 0 Å². The van der Waals surface area contributed by atoms with Crippen molar-refractivity contribution in [3.8, 4) is 16.9 Å². The van der Waals surface area contributed by atoms with Gasteiger partial charge < -0.3 is 20.6 Å². The molecule has 0 fully saturated rings. The van der Waals surface area contributed by atoms with E-state index >= 15 is 0 Å². The summed E-state index contributed by atoms with van der Waals surface area (Å²) in [5, 5.41) is 19.9. The zero-order valence-electron chi connectivity index (χ0n) is 21.5. The molecular weight excluding hydrogens is 565 g/mol. The molecule has 0 aliphatic rings. The summed E-state index contributed by atoms with van der Waals surface area (Å²) in [6.45, 7) is 0. The van der Waals surface area contributed by atoms with Gasteiger partial charge in [-0.25, -0.2) is 9.67 Å². The number of aryl methyl sites for hydroxylation is 1. The van der Waals surface area contributed by atoms with Crippen molar-refractivity contribution in [2.45, 2.75) is 25.3 Å². The second-order valence-corrected chi connectivity index (χ2v) is 10.2. The van der Waals surface area contributed by atoms with Gasteiger partial charge in [0.15, 0.2) is 11.4 Å². The molecule has 0 radical (unpaired) electrons. The number of aromatic nitrogens is 7. The highest BCUT2D eigenvalue weighted by Crippen LogP contribution is 2.32. The van der Waals surface area contributed by atoms with Crippen LogP contribution >= 0.6 is 23.2 Å². The number of benzene rings is 3. The van der Waals surface area contributed by atoms with E-state index in [0.717, 1.165) is 22.4 Å². The SMILES string of the molecule is Nc1noc2cc(-c3nc(C(Cc4ccccc4)NC(=O)CCc4cc(Cl)ccc4-n4cnnn4)[nH]c3Cl)ccc12. The van der Waals surface area contributed by atoms with Crippen molar-refractivity contribution in [1.82, 2.24) is 40.6 Å². The van der Waals surface area contributed by atoms with E-state index in [4.69, 9.17) is 38.4 Å². The Kier molecular flexibility index (Phi) is 7.36. The molecule has 3 aromatic heterocycles. The molecule has 3 heterocycles. The van der Waals surface area contributed by atoms with E-state index in [1.54, 1.807) is 16.8 Å². The molecule has 1 atom stereocenters. The van der Waals surface area contributed by atoms with Crippen LogP contribution in [-0.2, 0) is 17.6 Å². The fourth-order valence-corrected chi connectivity index (χ4v) is 5.10.